The van der Waals surface area contributed by atoms with Crippen molar-refractivity contribution in [3.8, 4) is 5.75 Å². The van der Waals surface area contributed by atoms with E-state index < -0.39 is 10.0 Å². The number of benzene rings is 1. The van der Waals surface area contributed by atoms with Crippen molar-refractivity contribution >= 4 is 44.0 Å². The van der Waals surface area contributed by atoms with Gasteiger partial charge in [0.05, 0.1) is 42.9 Å². The minimum atomic E-state index is -3.22. The number of amides is 1. The van der Waals surface area contributed by atoms with Crippen molar-refractivity contribution in [2.75, 3.05) is 49.3 Å². The van der Waals surface area contributed by atoms with Gasteiger partial charge in [-0.05, 0) is 29.9 Å². The second-order valence-electron chi connectivity index (χ2n) is 10.5. The molecule has 0 spiro atoms. The molecule has 10 heteroatoms. The summed E-state index contributed by atoms with van der Waals surface area (Å²) >= 11 is 0. The number of rotatable bonds is 6. The van der Waals surface area contributed by atoms with E-state index in [1.54, 1.807) is 18.2 Å². The molecule has 35 heavy (non-hydrogen) atoms. The maximum Gasteiger partial charge on any atom is 0.234 e. The highest BCUT2D eigenvalue weighted by Gasteiger charge is 2.31. The Kier molecular flexibility index (Phi) is 6.80. The third-order valence-electron chi connectivity index (χ3n) is 6.74. The van der Waals surface area contributed by atoms with Crippen LogP contribution in [0.4, 0.5) is 11.4 Å². The molecule has 9 nitrogen and oxygen atoms in total. The Balaban J connectivity index is 1.76. The molecular formula is C25H34N4O5S. The fraction of sp³-hybridized carbons (Fsp3) is 0.560. The van der Waals surface area contributed by atoms with E-state index in [0.717, 1.165) is 41.9 Å². The van der Waals surface area contributed by atoms with Gasteiger partial charge in [-0.25, -0.2) is 13.1 Å². The highest BCUT2D eigenvalue weighted by atomic mass is 32.2. The summed E-state index contributed by atoms with van der Waals surface area (Å²) in [5.41, 5.74) is 2.99. The number of hydrogen-bond acceptors (Lipinski definition) is 7. The molecule has 2 saturated heterocycles. The molecule has 1 aromatic carbocycles. The molecule has 1 amide bonds. The second kappa shape index (κ2) is 9.39. The quantitative estimate of drug-likeness (QED) is 0.605. The number of sulfonamides is 1. The maximum absolute atomic E-state index is 12.8. The van der Waals surface area contributed by atoms with Crippen LogP contribution in [0.15, 0.2) is 18.3 Å². The van der Waals surface area contributed by atoms with Gasteiger partial charge < -0.3 is 14.5 Å². The lowest BCUT2D eigenvalue weighted by Crippen LogP contribution is -2.39. The summed E-state index contributed by atoms with van der Waals surface area (Å²) in [7, 11) is -1.58. The zero-order chi connectivity index (χ0) is 25.5. The van der Waals surface area contributed by atoms with E-state index in [0.29, 0.717) is 30.7 Å². The number of nitrogens with zero attached hydrogens (tertiary/aromatic N) is 3. The van der Waals surface area contributed by atoms with E-state index in [4.69, 9.17) is 9.72 Å². The summed E-state index contributed by atoms with van der Waals surface area (Å²) in [6.45, 7) is 8.55. The Morgan fingerprint density at radius 1 is 1.20 bits per heavy atom. The lowest BCUT2D eigenvalue weighted by atomic mass is 9.84. The Morgan fingerprint density at radius 2 is 1.94 bits per heavy atom. The first-order chi connectivity index (χ1) is 16.4. The summed E-state index contributed by atoms with van der Waals surface area (Å²) in [6.07, 6.45) is 4.09. The van der Waals surface area contributed by atoms with Gasteiger partial charge in [0.1, 0.15) is 11.5 Å². The molecule has 0 aliphatic carbocycles. The summed E-state index contributed by atoms with van der Waals surface area (Å²) in [6, 6.07) is 4.02. The lowest BCUT2D eigenvalue weighted by Gasteiger charge is -2.31. The lowest BCUT2D eigenvalue weighted by molar-refractivity contribution is -0.128. The van der Waals surface area contributed by atoms with Gasteiger partial charge >= 0.3 is 0 Å². The van der Waals surface area contributed by atoms with Crippen LogP contribution in [0.1, 0.15) is 45.6 Å². The smallest absolute Gasteiger partial charge is 0.234 e. The van der Waals surface area contributed by atoms with Gasteiger partial charge in [-0.1, -0.05) is 20.8 Å². The molecule has 2 aliphatic heterocycles. The standard InChI is InChI=1S/C25H34N4O5S/c1-25(2,3)20-12-21(29-9-7-18(30)11-22(29)31)23-19(24(20)34-4)10-17(14-26-23)28-8-6-16(15-28)13-27-35(5,32)33/h10,12,14,16,27H,6-9,11,13,15H2,1-5H3/t16-/m1/s1. The predicted molar refractivity (Wildman–Crippen MR) is 137 cm³/mol. The number of methoxy groups -OCH3 is 1. The van der Waals surface area contributed by atoms with Crippen molar-refractivity contribution < 1.29 is 22.7 Å². The highest BCUT2D eigenvalue weighted by molar-refractivity contribution is 7.88. The van der Waals surface area contributed by atoms with Crippen molar-refractivity contribution in [1.29, 1.82) is 0 Å². The van der Waals surface area contributed by atoms with Gasteiger partial charge in [0, 0.05) is 43.5 Å². The van der Waals surface area contributed by atoms with Gasteiger partial charge in [0.25, 0.3) is 0 Å². The zero-order valence-corrected chi connectivity index (χ0v) is 21.9. The van der Waals surface area contributed by atoms with Crippen molar-refractivity contribution in [2.45, 2.75) is 45.4 Å². The molecule has 0 unspecified atom stereocenters. The van der Waals surface area contributed by atoms with Gasteiger partial charge in [0.15, 0.2) is 0 Å². The van der Waals surface area contributed by atoms with Crippen molar-refractivity contribution in [2.24, 2.45) is 5.92 Å². The van der Waals surface area contributed by atoms with Crippen LogP contribution in [0.25, 0.3) is 10.9 Å². The minimum Gasteiger partial charge on any atom is -0.496 e. The number of Topliss-reactive ketones (excluding diaryl/α,β-unsaturated/α-hetero) is 1. The average Bonchev–Trinajstić information content (AvgIpc) is 3.24. The van der Waals surface area contributed by atoms with Gasteiger partial charge in [0.2, 0.25) is 15.9 Å². The Morgan fingerprint density at radius 3 is 2.57 bits per heavy atom. The Bertz CT molecular complexity index is 1270. The van der Waals surface area contributed by atoms with E-state index in [2.05, 4.69) is 30.4 Å². The van der Waals surface area contributed by atoms with Crippen molar-refractivity contribution in [3.63, 3.8) is 0 Å². The average molecular weight is 503 g/mol. The number of carbonyl (C=O) groups is 2. The Hall–Kier alpha value is -2.72. The fourth-order valence-corrected chi connectivity index (χ4v) is 5.41. The SMILES string of the molecule is COc1c(C(C)(C)C)cc(N2CCC(=O)CC2=O)c2ncc(N3CC[C@H](CNS(C)(=O)=O)C3)cc12. The number of pyridine rings is 1. The molecule has 2 aromatic rings. The molecule has 1 atom stereocenters. The van der Waals surface area contributed by atoms with Crippen LogP contribution < -0.4 is 19.3 Å². The van der Waals surface area contributed by atoms with Crippen LogP contribution in [0, 0.1) is 5.92 Å². The van der Waals surface area contributed by atoms with Crippen LogP contribution in [-0.2, 0) is 25.0 Å². The monoisotopic (exact) mass is 502 g/mol. The van der Waals surface area contributed by atoms with Crippen LogP contribution in [-0.4, -0.2) is 64.6 Å². The number of carbonyl (C=O) groups excluding carboxylic acids is 2. The predicted octanol–water partition coefficient (Wildman–Crippen LogP) is 2.61. The zero-order valence-electron chi connectivity index (χ0n) is 21.1. The highest BCUT2D eigenvalue weighted by Crippen LogP contribution is 2.43. The van der Waals surface area contributed by atoms with Crippen LogP contribution >= 0.6 is 0 Å². The molecular weight excluding hydrogens is 468 g/mol. The van der Waals surface area contributed by atoms with E-state index in [9.17, 15) is 18.0 Å². The van der Waals surface area contributed by atoms with Crippen LogP contribution in [0.3, 0.4) is 0 Å². The minimum absolute atomic E-state index is 0.0377. The second-order valence-corrected chi connectivity index (χ2v) is 12.4. The normalized spacial score (nSPS) is 19.6. The maximum atomic E-state index is 12.8. The van der Waals surface area contributed by atoms with Crippen molar-refractivity contribution in [3.05, 3.63) is 23.9 Å². The summed E-state index contributed by atoms with van der Waals surface area (Å²) in [5.74, 6) is 0.687. The number of fused-ring (bicyclic) bond motifs is 1. The molecule has 4 rings (SSSR count). The number of aromatic nitrogens is 1. The first-order valence-corrected chi connectivity index (χ1v) is 13.8. The molecule has 1 aromatic heterocycles. The first-order valence-electron chi connectivity index (χ1n) is 11.9. The van der Waals surface area contributed by atoms with Gasteiger partial charge in [-0.3, -0.25) is 14.6 Å². The summed E-state index contributed by atoms with van der Waals surface area (Å²) in [5, 5.41) is 0.815. The summed E-state index contributed by atoms with van der Waals surface area (Å²) in [4.78, 5) is 33.3. The van der Waals surface area contributed by atoms with Gasteiger partial charge in [-0.2, -0.15) is 0 Å². The topological polar surface area (TPSA) is 109 Å². The molecule has 0 bridgehead atoms. The van der Waals surface area contributed by atoms with Crippen molar-refractivity contribution in [1.82, 2.24) is 9.71 Å². The molecule has 190 valence electrons. The molecule has 2 aliphatic rings. The molecule has 0 saturated carbocycles. The number of ketones is 1. The number of nitrogens with one attached hydrogen (secondary N) is 1. The largest absolute Gasteiger partial charge is 0.496 e. The number of ether oxygens (including phenoxy) is 1. The number of hydrogen-bond donors (Lipinski definition) is 1. The van der Waals surface area contributed by atoms with Gasteiger partial charge in [-0.15, -0.1) is 0 Å². The summed E-state index contributed by atoms with van der Waals surface area (Å²) < 4.78 is 31.5. The number of anilines is 2. The first kappa shape index (κ1) is 25.4. The molecule has 3 heterocycles. The third kappa shape index (κ3) is 5.43. The van der Waals surface area contributed by atoms with E-state index in [1.807, 2.05) is 12.1 Å². The molecule has 1 N–H and O–H groups in total. The van der Waals surface area contributed by atoms with Crippen LogP contribution in [0.2, 0.25) is 0 Å². The number of piperidine rings is 1. The van der Waals surface area contributed by atoms with E-state index in [1.165, 1.54) is 6.26 Å². The fourth-order valence-electron chi connectivity index (χ4n) is 4.87. The Labute approximate surface area is 206 Å². The van der Waals surface area contributed by atoms with E-state index in [-0.39, 0.29) is 29.4 Å². The van der Waals surface area contributed by atoms with E-state index >= 15 is 0 Å². The molecule has 0 radical (unpaired) electrons. The third-order valence-corrected chi connectivity index (χ3v) is 7.43. The molecule has 2 fully saturated rings. The van der Waals surface area contributed by atoms with Crippen LogP contribution in [0.5, 0.6) is 5.75 Å².